The molecule has 0 aliphatic heterocycles. The Morgan fingerprint density at radius 3 is 2.69 bits per heavy atom. The molecule has 2 N–H and O–H groups in total. The van der Waals surface area contributed by atoms with Crippen LogP contribution in [0.5, 0.6) is 0 Å². The van der Waals surface area contributed by atoms with Gasteiger partial charge < -0.3 is 10.6 Å². The first-order valence-electron chi connectivity index (χ1n) is 5.59. The van der Waals surface area contributed by atoms with E-state index in [1.54, 1.807) is 22.8 Å². The molecule has 0 unspecified atom stereocenters. The van der Waals surface area contributed by atoms with E-state index in [4.69, 9.17) is 5.73 Å². The van der Waals surface area contributed by atoms with Gasteiger partial charge in [-0.3, -0.25) is 9.48 Å². The number of aryl methyl sites for hydroxylation is 1. The lowest BCUT2D eigenvalue weighted by Gasteiger charge is -2.27. The predicted molar refractivity (Wildman–Crippen MR) is 62.0 cm³/mol. The van der Waals surface area contributed by atoms with Crippen LogP contribution in [0.15, 0.2) is 12.4 Å². The van der Waals surface area contributed by atoms with Gasteiger partial charge in [0, 0.05) is 20.3 Å². The van der Waals surface area contributed by atoms with Crippen LogP contribution >= 0.6 is 0 Å². The van der Waals surface area contributed by atoms with E-state index in [0.29, 0.717) is 0 Å². The van der Waals surface area contributed by atoms with Gasteiger partial charge in [-0.1, -0.05) is 12.8 Å². The number of nitrogens with zero attached hydrogens (tertiary/aromatic N) is 3. The summed E-state index contributed by atoms with van der Waals surface area (Å²) in [5.41, 5.74) is 6.26. The second kappa shape index (κ2) is 3.90. The van der Waals surface area contributed by atoms with Crippen molar-refractivity contribution in [3.05, 3.63) is 12.4 Å². The van der Waals surface area contributed by atoms with Gasteiger partial charge in [-0.2, -0.15) is 5.10 Å². The average molecular weight is 222 g/mol. The van der Waals surface area contributed by atoms with Crippen LogP contribution in [0, 0.1) is 0 Å². The molecule has 1 saturated carbocycles. The minimum Gasteiger partial charge on any atom is -0.317 e. The van der Waals surface area contributed by atoms with Gasteiger partial charge in [0.25, 0.3) is 0 Å². The molecule has 1 heterocycles. The Morgan fingerprint density at radius 2 is 2.19 bits per heavy atom. The first-order chi connectivity index (χ1) is 7.53. The van der Waals surface area contributed by atoms with Crippen molar-refractivity contribution in [2.75, 3.05) is 11.9 Å². The van der Waals surface area contributed by atoms with Crippen LogP contribution in [0.4, 0.5) is 5.69 Å². The van der Waals surface area contributed by atoms with E-state index in [1.807, 2.05) is 13.2 Å². The van der Waals surface area contributed by atoms with Crippen LogP contribution in [0.3, 0.4) is 0 Å². The number of rotatable bonds is 2. The van der Waals surface area contributed by atoms with Crippen LogP contribution in [-0.4, -0.2) is 28.3 Å². The summed E-state index contributed by atoms with van der Waals surface area (Å²) in [4.78, 5) is 13.9. The summed E-state index contributed by atoms with van der Waals surface area (Å²) in [5.74, 6) is -0.00185. The molecule has 88 valence electrons. The molecule has 1 aromatic heterocycles. The normalized spacial score (nSPS) is 18.7. The standard InChI is InChI=1S/C11H18N4O/c1-14-8-9(7-13-14)15(2)10(16)11(12)5-3-4-6-11/h7-8H,3-6,12H2,1-2H3. The smallest absolute Gasteiger partial charge is 0.246 e. The molecule has 0 spiro atoms. The highest BCUT2D eigenvalue weighted by atomic mass is 16.2. The highest BCUT2D eigenvalue weighted by Crippen LogP contribution is 2.29. The molecule has 1 aliphatic carbocycles. The fraction of sp³-hybridized carbons (Fsp3) is 0.636. The van der Waals surface area contributed by atoms with Crippen LogP contribution in [0.2, 0.25) is 0 Å². The van der Waals surface area contributed by atoms with E-state index in [9.17, 15) is 4.79 Å². The molecule has 2 rings (SSSR count). The third-order valence-electron chi connectivity index (χ3n) is 3.30. The second-order valence-electron chi connectivity index (χ2n) is 4.60. The van der Waals surface area contributed by atoms with E-state index in [1.165, 1.54) is 0 Å². The first kappa shape index (κ1) is 11.1. The molecule has 0 saturated heterocycles. The quantitative estimate of drug-likeness (QED) is 0.799. The van der Waals surface area contributed by atoms with Gasteiger partial charge in [0.1, 0.15) is 0 Å². The summed E-state index contributed by atoms with van der Waals surface area (Å²) in [6, 6.07) is 0. The van der Waals surface area contributed by atoms with Gasteiger partial charge in [0.15, 0.2) is 0 Å². The largest absolute Gasteiger partial charge is 0.317 e. The third-order valence-corrected chi connectivity index (χ3v) is 3.30. The summed E-state index contributed by atoms with van der Waals surface area (Å²) >= 11 is 0. The van der Waals surface area contributed by atoms with Gasteiger partial charge in [-0.25, -0.2) is 0 Å². The van der Waals surface area contributed by atoms with Gasteiger partial charge in [-0.15, -0.1) is 0 Å². The number of hydrogen-bond acceptors (Lipinski definition) is 3. The zero-order valence-corrected chi connectivity index (χ0v) is 9.81. The van der Waals surface area contributed by atoms with Gasteiger partial charge in [0.05, 0.1) is 17.4 Å². The topological polar surface area (TPSA) is 64.2 Å². The Hall–Kier alpha value is -1.36. The number of anilines is 1. The molecule has 1 aliphatic rings. The summed E-state index contributed by atoms with van der Waals surface area (Å²) < 4.78 is 1.68. The highest BCUT2D eigenvalue weighted by molar-refractivity contribution is 5.99. The zero-order chi connectivity index (χ0) is 11.8. The van der Waals surface area contributed by atoms with Crippen molar-refractivity contribution in [3.8, 4) is 0 Å². The molecule has 5 nitrogen and oxygen atoms in total. The lowest BCUT2D eigenvalue weighted by atomic mass is 9.97. The van der Waals surface area contributed by atoms with Crippen LogP contribution < -0.4 is 10.6 Å². The lowest BCUT2D eigenvalue weighted by molar-refractivity contribution is -0.123. The Kier molecular flexibility index (Phi) is 2.71. The minimum atomic E-state index is -0.662. The van der Waals surface area contributed by atoms with E-state index in [-0.39, 0.29) is 5.91 Å². The number of hydrogen-bond donors (Lipinski definition) is 1. The van der Waals surface area contributed by atoms with Crippen molar-refractivity contribution in [3.63, 3.8) is 0 Å². The van der Waals surface area contributed by atoms with E-state index in [0.717, 1.165) is 31.4 Å². The van der Waals surface area contributed by atoms with Crippen molar-refractivity contribution in [2.24, 2.45) is 12.8 Å². The Bertz CT molecular complexity index is 392. The lowest BCUT2D eigenvalue weighted by Crippen LogP contribution is -2.52. The van der Waals surface area contributed by atoms with Crippen molar-refractivity contribution >= 4 is 11.6 Å². The predicted octanol–water partition coefficient (Wildman–Crippen LogP) is 0.654. The zero-order valence-electron chi connectivity index (χ0n) is 9.81. The molecule has 0 radical (unpaired) electrons. The van der Waals surface area contributed by atoms with Gasteiger partial charge in [0.2, 0.25) is 5.91 Å². The summed E-state index contributed by atoms with van der Waals surface area (Å²) in [7, 11) is 3.59. The fourth-order valence-electron chi connectivity index (χ4n) is 2.25. The van der Waals surface area contributed by atoms with Crippen molar-refractivity contribution < 1.29 is 4.79 Å². The van der Waals surface area contributed by atoms with Crippen LogP contribution in [0.25, 0.3) is 0 Å². The van der Waals surface area contributed by atoms with Gasteiger partial charge >= 0.3 is 0 Å². The Labute approximate surface area is 95.2 Å². The molecule has 5 heteroatoms. The van der Waals surface area contributed by atoms with E-state index in [2.05, 4.69) is 5.10 Å². The number of aromatic nitrogens is 2. The van der Waals surface area contributed by atoms with Gasteiger partial charge in [-0.05, 0) is 12.8 Å². The van der Waals surface area contributed by atoms with Crippen molar-refractivity contribution in [2.45, 2.75) is 31.2 Å². The van der Waals surface area contributed by atoms with E-state index < -0.39 is 5.54 Å². The fourth-order valence-corrected chi connectivity index (χ4v) is 2.25. The van der Waals surface area contributed by atoms with Crippen LogP contribution in [0.1, 0.15) is 25.7 Å². The average Bonchev–Trinajstić information content (AvgIpc) is 2.86. The molecular weight excluding hydrogens is 204 g/mol. The maximum Gasteiger partial charge on any atom is 0.246 e. The number of carbonyl (C=O) groups excluding carboxylic acids is 1. The number of likely N-dealkylation sites (N-methyl/N-ethyl adjacent to an activating group) is 1. The molecule has 1 aromatic rings. The number of carbonyl (C=O) groups is 1. The van der Waals surface area contributed by atoms with Crippen LogP contribution in [-0.2, 0) is 11.8 Å². The second-order valence-corrected chi connectivity index (χ2v) is 4.60. The molecular formula is C11H18N4O. The molecule has 1 fully saturated rings. The molecule has 0 aromatic carbocycles. The van der Waals surface area contributed by atoms with Crippen molar-refractivity contribution in [1.29, 1.82) is 0 Å². The molecule has 1 amide bonds. The maximum atomic E-state index is 12.2. The first-order valence-corrected chi connectivity index (χ1v) is 5.59. The molecule has 0 bridgehead atoms. The minimum absolute atomic E-state index is 0.00185. The number of amides is 1. The molecule has 0 atom stereocenters. The van der Waals surface area contributed by atoms with E-state index >= 15 is 0 Å². The van der Waals surface area contributed by atoms with Crippen molar-refractivity contribution in [1.82, 2.24) is 9.78 Å². The summed E-state index contributed by atoms with van der Waals surface area (Å²) in [6.07, 6.45) is 7.16. The monoisotopic (exact) mass is 222 g/mol. The number of nitrogens with two attached hydrogens (primary N) is 1. The summed E-state index contributed by atoms with van der Waals surface area (Å²) in [6.45, 7) is 0. The third kappa shape index (κ3) is 1.82. The Balaban J connectivity index is 2.15. The Morgan fingerprint density at radius 1 is 1.56 bits per heavy atom. The molecule has 16 heavy (non-hydrogen) atoms. The highest BCUT2D eigenvalue weighted by Gasteiger charge is 2.39. The SMILES string of the molecule is CN(C(=O)C1(N)CCCC1)c1cnn(C)c1. The summed E-state index contributed by atoms with van der Waals surface area (Å²) in [5, 5.41) is 4.05. The maximum absolute atomic E-state index is 12.2.